The first-order valence-electron chi connectivity index (χ1n) is 6.55. The molecule has 90 valence electrons. The minimum Gasteiger partial charge on any atom is -0.314 e. The zero-order valence-corrected chi connectivity index (χ0v) is 11.4. The largest absolute Gasteiger partial charge is 0.314 e. The van der Waals surface area contributed by atoms with E-state index >= 15 is 0 Å². The van der Waals surface area contributed by atoms with E-state index in [0.717, 1.165) is 17.9 Å². The van der Waals surface area contributed by atoms with Crippen LogP contribution in [-0.2, 0) is 0 Å². The summed E-state index contributed by atoms with van der Waals surface area (Å²) in [4.78, 5) is 0. The minimum atomic E-state index is 0.845. The molecule has 0 bridgehead atoms. The second-order valence-electron chi connectivity index (χ2n) is 4.98. The fourth-order valence-corrected chi connectivity index (χ4v) is 2.44. The number of hydrogen-bond acceptors (Lipinski definition) is 2. The summed E-state index contributed by atoms with van der Waals surface area (Å²) in [7, 11) is 0. The number of thioether (sulfide) groups is 1. The first-order chi connectivity index (χ1) is 7.24. The fraction of sp³-hybridized carbons (Fsp3) is 1.00. The average Bonchev–Trinajstić information content (AvgIpc) is 3.04. The van der Waals surface area contributed by atoms with Crippen molar-refractivity contribution in [3.05, 3.63) is 0 Å². The van der Waals surface area contributed by atoms with Crippen LogP contribution >= 0.6 is 11.8 Å². The van der Waals surface area contributed by atoms with Gasteiger partial charge in [0.15, 0.2) is 0 Å². The first-order valence-corrected chi connectivity index (χ1v) is 7.70. The molecule has 2 heteroatoms. The van der Waals surface area contributed by atoms with Gasteiger partial charge in [0, 0.05) is 6.04 Å². The molecule has 1 aliphatic carbocycles. The van der Waals surface area contributed by atoms with Crippen LogP contribution in [0.25, 0.3) is 0 Å². The molecule has 0 aliphatic heterocycles. The quantitative estimate of drug-likeness (QED) is 0.607. The van der Waals surface area contributed by atoms with Crippen LogP contribution in [-0.4, -0.2) is 24.1 Å². The Morgan fingerprint density at radius 2 is 2.00 bits per heavy atom. The van der Waals surface area contributed by atoms with E-state index in [1.165, 1.54) is 43.7 Å². The van der Waals surface area contributed by atoms with Crippen molar-refractivity contribution in [3.63, 3.8) is 0 Å². The van der Waals surface area contributed by atoms with Crippen molar-refractivity contribution in [2.45, 2.75) is 52.5 Å². The molecule has 1 aliphatic rings. The summed E-state index contributed by atoms with van der Waals surface area (Å²) in [5.74, 6) is 4.35. The Labute approximate surface area is 99.8 Å². The highest BCUT2D eigenvalue weighted by molar-refractivity contribution is 7.99. The second kappa shape index (κ2) is 7.56. The highest BCUT2D eigenvalue weighted by atomic mass is 32.2. The Morgan fingerprint density at radius 3 is 2.60 bits per heavy atom. The topological polar surface area (TPSA) is 12.0 Å². The van der Waals surface area contributed by atoms with Crippen molar-refractivity contribution in [3.8, 4) is 0 Å². The van der Waals surface area contributed by atoms with Crippen LogP contribution in [0.15, 0.2) is 0 Å². The molecule has 1 saturated carbocycles. The predicted octanol–water partition coefficient (Wildman–Crippen LogP) is 3.54. The minimum absolute atomic E-state index is 0.845. The summed E-state index contributed by atoms with van der Waals surface area (Å²) in [6, 6.07) is 0.871. The monoisotopic (exact) mass is 229 g/mol. The lowest BCUT2D eigenvalue weighted by molar-refractivity contribution is 0.345. The third-order valence-corrected chi connectivity index (χ3v) is 4.42. The Kier molecular flexibility index (Phi) is 6.74. The maximum absolute atomic E-state index is 3.63. The molecule has 15 heavy (non-hydrogen) atoms. The SMILES string of the molecule is CCSCCCC(C)C(C)CNC1CC1. The van der Waals surface area contributed by atoms with Crippen LogP contribution in [0.1, 0.15) is 46.5 Å². The standard InChI is InChI=1S/C13H27NS/c1-4-15-9-5-6-11(2)12(3)10-14-13-7-8-13/h11-14H,4-10H2,1-3H3. The molecule has 0 aromatic heterocycles. The Hall–Kier alpha value is 0.310. The van der Waals surface area contributed by atoms with Gasteiger partial charge in [0.1, 0.15) is 0 Å². The molecule has 1 nitrogen and oxygen atoms in total. The van der Waals surface area contributed by atoms with Gasteiger partial charge in [-0.2, -0.15) is 11.8 Å². The van der Waals surface area contributed by atoms with Gasteiger partial charge in [-0.05, 0) is 55.6 Å². The van der Waals surface area contributed by atoms with Gasteiger partial charge in [-0.15, -0.1) is 0 Å². The number of nitrogens with one attached hydrogen (secondary N) is 1. The van der Waals surface area contributed by atoms with E-state index < -0.39 is 0 Å². The summed E-state index contributed by atoms with van der Waals surface area (Å²) >= 11 is 2.07. The number of rotatable bonds is 9. The smallest absolute Gasteiger partial charge is 0.00683 e. The summed E-state index contributed by atoms with van der Waals surface area (Å²) < 4.78 is 0. The van der Waals surface area contributed by atoms with Gasteiger partial charge in [0.05, 0.1) is 0 Å². The molecule has 1 rings (SSSR count). The molecule has 2 atom stereocenters. The second-order valence-corrected chi connectivity index (χ2v) is 6.37. The van der Waals surface area contributed by atoms with Gasteiger partial charge < -0.3 is 5.32 Å². The molecule has 0 amide bonds. The molecule has 1 N–H and O–H groups in total. The lowest BCUT2D eigenvalue weighted by Crippen LogP contribution is -2.26. The predicted molar refractivity (Wildman–Crippen MR) is 71.6 cm³/mol. The van der Waals surface area contributed by atoms with Crippen LogP contribution in [0.2, 0.25) is 0 Å². The maximum Gasteiger partial charge on any atom is 0.00683 e. The summed E-state index contributed by atoms with van der Waals surface area (Å²) in [5.41, 5.74) is 0. The van der Waals surface area contributed by atoms with E-state index in [9.17, 15) is 0 Å². The van der Waals surface area contributed by atoms with E-state index in [1.54, 1.807) is 0 Å². The molecule has 2 unspecified atom stereocenters. The van der Waals surface area contributed by atoms with Crippen molar-refractivity contribution in [2.75, 3.05) is 18.1 Å². The van der Waals surface area contributed by atoms with Crippen molar-refractivity contribution in [2.24, 2.45) is 11.8 Å². The van der Waals surface area contributed by atoms with Crippen LogP contribution in [0.3, 0.4) is 0 Å². The zero-order chi connectivity index (χ0) is 11.1. The van der Waals surface area contributed by atoms with Crippen LogP contribution < -0.4 is 5.32 Å². The zero-order valence-electron chi connectivity index (χ0n) is 10.6. The first kappa shape index (κ1) is 13.4. The lowest BCUT2D eigenvalue weighted by atomic mass is 9.92. The van der Waals surface area contributed by atoms with Crippen LogP contribution in [0, 0.1) is 11.8 Å². The third-order valence-electron chi connectivity index (χ3n) is 3.43. The number of hydrogen-bond donors (Lipinski definition) is 1. The van der Waals surface area contributed by atoms with Gasteiger partial charge in [-0.25, -0.2) is 0 Å². The summed E-state index contributed by atoms with van der Waals surface area (Å²) in [6.07, 6.45) is 5.62. The molecule has 1 fully saturated rings. The average molecular weight is 229 g/mol. The molecule has 0 radical (unpaired) electrons. The molecule has 0 heterocycles. The van der Waals surface area contributed by atoms with Crippen LogP contribution in [0.4, 0.5) is 0 Å². The van der Waals surface area contributed by atoms with Crippen molar-refractivity contribution in [1.29, 1.82) is 0 Å². The van der Waals surface area contributed by atoms with E-state index in [2.05, 4.69) is 37.8 Å². The van der Waals surface area contributed by atoms with Crippen molar-refractivity contribution >= 4 is 11.8 Å². The van der Waals surface area contributed by atoms with Crippen molar-refractivity contribution in [1.82, 2.24) is 5.32 Å². The third kappa shape index (κ3) is 6.47. The van der Waals surface area contributed by atoms with E-state index in [0.29, 0.717) is 0 Å². The molecule has 0 spiro atoms. The highest BCUT2D eigenvalue weighted by Crippen LogP contribution is 2.22. The fourth-order valence-electron chi connectivity index (χ4n) is 1.78. The van der Waals surface area contributed by atoms with Crippen molar-refractivity contribution < 1.29 is 0 Å². The molecule has 0 saturated heterocycles. The van der Waals surface area contributed by atoms with Gasteiger partial charge in [0.25, 0.3) is 0 Å². The Balaban J connectivity index is 1.95. The van der Waals surface area contributed by atoms with Gasteiger partial charge >= 0.3 is 0 Å². The summed E-state index contributed by atoms with van der Waals surface area (Å²) in [6.45, 7) is 8.28. The summed E-state index contributed by atoms with van der Waals surface area (Å²) in [5, 5.41) is 3.63. The van der Waals surface area contributed by atoms with E-state index in [1.807, 2.05) is 0 Å². The van der Waals surface area contributed by atoms with E-state index in [4.69, 9.17) is 0 Å². The maximum atomic E-state index is 3.63. The molecule has 0 aromatic rings. The molecule has 0 aromatic carbocycles. The van der Waals surface area contributed by atoms with E-state index in [-0.39, 0.29) is 0 Å². The normalized spacial score (nSPS) is 20.2. The molecular formula is C13H27NS. The van der Waals surface area contributed by atoms with Gasteiger partial charge in [-0.3, -0.25) is 0 Å². The Bertz CT molecular complexity index is 157. The lowest BCUT2D eigenvalue weighted by Gasteiger charge is -2.20. The Morgan fingerprint density at radius 1 is 1.27 bits per heavy atom. The van der Waals surface area contributed by atoms with Gasteiger partial charge in [-0.1, -0.05) is 20.8 Å². The molecular weight excluding hydrogens is 202 g/mol. The van der Waals surface area contributed by atoms with Crippen LogP contribution in [0.5, 0.6) is 0 Å². The highest BCUT2D eigenvalue weighted by Gasteiger charge is 2.22. The van der Waals surface area contributed by atoms with Gasteiger partial charge in [0.2, 0.25) is 0 Å².